The molecule has 24 heavy (non-hydrogen) atoms. The lowest BCUT2D eigenvalue weighted by Crippen LogP contribution is -2.46. The quantitative estimate of drug-likeness (QED) is 0.556. The number of amides is 3. The van der Waals surface area contributed by atoms with Gasteiger partial charge in [-0.15, -0.1) is 11.8 Å². The lowest BCUT2D eigenvalue weighted by Gasteiger charge is -2.09. The van der Waals surface area contributed by atoms with E-state index >= 15 is 0 Å². The molecular formula is C17H18FN3O2S. The zero-order valence-electron chi connectivity index (χ0n) is 12.9. The second-order valence-electron chi connectivity index (χ2n) is 4.89. The van der Waals surface area contributed by atoms with Crippen LogP contribution in [0.4, 0.5) is 9.18 Å². The van der Waals surface area contributed by atoms with Crippen LogP contribution in [0.1, 0.15) is 12.0 Å². The Labute approximate surface area is 144 Å². The molecule has 0 bridgehead atoms. The average Bonchev–Trinajstić information content (AvgIpc) is 2.61. The smallest absolute Gasteiger partial charge is 0.333 e. The summed E-state index contributed by atoms with van der Waals surface area (Å²) in [6.07, 6.45) is 0.237. The van der Waals surface area contributed by atoms with Gasteiger partial charge in [-0.3, -0.25) is 10.2 Å². The fourth-order valence-corrected chi connectivity index (χ4v) is 2.66. The number of halogens is 1. The van der Waals surface area contributed by atoms with E-state index in [1.807, 2.05) is 30.3 Å². The number of nitrogens with one attached hydrogen (secondary N) is 3. The summed E-state index contributed by atoms with van der Waals surface area (Å²) in [7, 11) is 0. The standard InChI is InChI=1S/C17H18FN3O2S/c18-14-6-8-15(9-7-14)24-11-10-16(22)20-21-17(23)19-12-13-4-2-1-3-5-13/h1-9H,10-12H2,(H,20,22)(H2,19,21,23). The molecule has 3 amide bonds. The Morgan fingerprint density at radius 2 is 1.67 bits per heavy atom. The first kappa shape index (κ1) is 17.8. The third-order valence-corrected chi connectivity index (χ3v) is 4.04. The van der Waals surface area contributed by atoms with Crippen LogP contribution in [0.2, 0.25) is 0 Å². The topological polar surface area (TPSA) is 70.2 Å². The fraction of sp³-hybridized carbons (Fsp3) is 0.176. The number of thioether (sulfide) groups is 1. The Bertz CT molecular complexity index is 665. The van der Waals surface area contributed by atoms with E-state index in [4.69, 9.17) is 0 Å². The van der Waals surface area contributed by atoms with Crippen molar-refractivity contribution < 1.29 is 14.0 Å². The van der Waals surface area contributed by atoms with Gasteiger partial charge in [0.25, 0.3) is 0 Å². The SMILES string of the molecule is O=C(CCSc1ccc(F)cc1)NNC(=O)NCc1ccccc1. The van der Waals surface area contributed by atoms with Crippen molar-refractivity contribution in [2.24, 2.45) is 0 Å². The summed E-state index contributed by atoms with van der Waals surface area (Å²) in [6, 6.07) is 15.1. The maximum Gasteiger partial charge on any atom is 0.333 e. The van der Waals surface area contributed by atoms with Crippen molar-refractivity contribution in [2.75, 3.05) is 5.75 Å². The van der Waals surface area contributed by atoms with E-state index in [9.17, 15) is 14.0 Å². The van der Waals surface area contributed by atoms with Crippen LogP contribution in [-0.2, 0) is 11.3 Å². The first-order chi connectivity index (χ1) is 11.6. The summed E-state index contributed by atoms with van der Waals surface area (Å²) in [5.41, 5.74) is 5.61. The van der Waals surface area contributed by atoms with Crippen LogP contribution in [0.25, 0.3) is 0 Å². The van der Waals surface area contributed by atoms with Crippen molar-refractivity contribution in [2.45, 2.75) is 17.9 Å². The summed E-state index contributed by atoms with van der Waals surface area (Å²) in [6.45, 7) is 0.378. The van der Waals surface area contributed by atoms with Crippen LogP contribution in [0, 0.1) is 5.82 Å². The van der Waals surface area contributed by atoms with Crippen LogP contribution in [0.15, 0.2) is 59.5 Å². The van der Waals surface area contributed by atoms with E-state index in [-0.39, 0.29) is 18.1 Å². The third-order valence-electron chi connectivity index (χ3n) is 3.02. The highest BCUT2D eigenvalue weighted by atomic mass is 32.2. The Kier molecular flexibility index (Phi) is 7.10. The van der Waals surface area contributed by atoms with Crippen LogP contribution in [-0.4, -0.2) is 17.7 Å². The molecule has 3 N–H and O–H groups in total. The van der Waals surface area contributed by atoms with E-state index in [1.54, 1.807) is 12.1 Å². The van der Waals surface area contributed by atoms with E-state index in [0.29, 0.717) is 12.3 Å². The summed E-state index contributed by atoms with van der Waals surface area (Å²) in [5.74, 6) is -0.0487. The van der Waals surface area contributed by atoms with Crippen LogP contribution < -0.4 is 16.2 Å². The van der Waals surface area contributed by atoms with Crippen molar-refractivity contribution in [3.63, 3.8) is 0 Å². The van der Waals surface area contributed by atoms with Crippen molar-refractivity contribution in [1.29, 1.82) is 0 Å². The summed E-state index contributed by atoms with van der Waals surface area (Å²) in [4.78, 5) is 24.1. The molecule has 0 aromatic heterocycles. The van der Waals surface area contributed by atoms with Crippen molar-refractivity contribution in [1.82, 2.24) is 16.2 Å². The average molecular weight is 347 g/mol. The Morgan fingerprint density at radius 1 is 0.958 bits per heavy atom. The molecule has 2 rings (SSSR count). The van der Waals surface area contributed by atoms with Gasteiger partial charge in [0.15, 0.2) is 0 Å². The molecule has 0 atom stereocenters. The molecule has 0 aliphatic rings. The van der Waals surface area contributed by atoms with Crippen LogP contribution in [0.5, 0.6) is 0 Å². The Morgan fingerprint density at radius 3 is 2.38 bits per heavy atom. The maximum atomic E-state index is 12.8. The summed E-state index contributed by atoms with van der Waals surface area (Å²) < 4.78 is 12.8. The number of hydrogen-bond acceptors (Lipinski definition) is 3. The predicted octanol–water partition coefficient (Wildman–Crippen LogP) is 2.84. The highest BCUT2D eigenvalue weighted by Gasteiger charge is 2.05. The van der Waals surface area contributed by atoms with Crippen molar-refractivity contribution in [3.05, 3.63) is 66.0 Å². The molecule has 126 valence electrons. The van der Waals surface area contributed by atoms with Gasteiger partial charge in [-0.25, -0.2) is 14.6 Å². The molecule has 0 saturated carbocycles. The molecular weight excluding hydrogens is 329 g/mol. The molecule has 0 aliphatic carbocycles. The molecule has 0 saturated heterocycles. The van der Waals surface area contributed by atoms with Gasteiger partial charge in [-0.05, 0) is 29.8 Å². The zero-order chi connectivity index (χ0) is 17.2. The number of urea groups is 1. The van der Waals surface area contributed by atoms with Gasteiger partial charge in [-0.2, -0.15) is 0 Å². The van der Waals surface area contributed by atoms with Gasteiger partial charge in [0.05, 0.1) is 0 Å². The first-order valence-corrected chi connectivity index (χ1v) is 8.37. The summed E-state index contributed by atoms with van der Waals surface area (Å²) in [5, 5.41) is 2.64. The molecule has 0 aliphatic heterocycles. The number of hydrazine groups is 1. The normalized spacial score (nSPS) is 10.0. The van der Waals surface area contributed by atoms with Crippen molar-refractivity contribution in [3.8, 4) is 0 Å². The second kappa shape index (κ2) is 9.57. The molecule has 0 unspecified atom stereocenters. The first-order valence-electron chi connectivity index (χ1n) is 7.38. The number of benzene rings is 2. The second-order valence-corrected chi connectivity index (χ2v) is 6.06. The number of carbonyl (C=O) groups excluding carboxylic acids is 2. The molecule has 0 heterocycles. The summed E-state index contributed by atoms with van der Waals surface area (Å²) >= 11 is 1.44. The molecule has 2 aromatic rings. The minimum absolute atomic E-state index is 0.237. The Balaban J connectivity index is 1.58. The van der Waals surface area contributed by atoms with E-state index in [0.717, 1.165) is 10.5 Å². The van der Waals surface area contributed by atoms with Crippen molar-refractivity contribution >= 4 is 23.7 Å². The lowest BCUT2D eigenvalue weighted by atomic mass is 10.2. The Hall–Kier alpha value is -2.54. The van der Waals surface area contributed by atoms with Gasteiger partial charge in [0.2, 0.25) is 5.91 Å². The molecule has 0 fully saturated rings. The van der Waals surface area contributed by atoms with Gasteiger partial charge in [-0.1, -0.05) is 30.3 Å². The van der Waals surface area contributed by atoms with Gasteiger partial charge in [0.1, 0.15) is 5.82 Å². The van der Waals surface area contributed by atoms with Crippen LogP contribution in [0.3, 0.4) is 0 Å². The van der Waals surface area contributed by atoms with Gasteiger partial charge in [0, 0.05) is 23.6 Å². The predicted molar refractivity (Wildman–Crippen MR) is 91.7 cm³/mol. The molecule has 0 radical (unpaired) electrons. The molecule has 5 nitrogen and oxygen atoms in total. The number of hydrogen-bond donors (Lipinski definition) is 3. The van der Waals surface area contributed by atoms with Crippen LogP contribution >= 0.6 is 11.8 Å². The van der Waals surface area contributed by atoms with E-state index in [1.165, 1.54) is 23.9 Å². The maximum absolute atomic E-state index is 12.8. The zero-order valence-corrected chi connectivity index (χ0v) is 13.7. The van der Waals surface area contributed by atoms with E-state index in [2.05, 4.69) is 16.2 Å². The minimum atomic E-state index is -0.474. The highest BCUT2D eigenvalue weighted by molar-refractivity contribution is 7.99. The fourth-order valence-electron chi connectivity index (χ4n) is 1.80. The number of carbonyl (C=O) groups is 2. The third kappa shape index (κ3) is 6.70. The molecule has 2 aromatic carbocycles. The monoisotopic (exact) mass is 347 g/mol. The van der Waals surface area contributed by atoms with Gasteiger partial charge < -0.3 is 5.32 Å². The molecule has 0 spiro atoms. The van der Waals surface area contributed by atoms with E-state index < -0.39 is 6.03 Å². The number of rotatable bonds is 6. The highest BCUT2D eigenvalue weighted by Crippen LogP contribution is 2.18. The molecule has 7 heteroatoms. The minimum Gasteiger partial charge on any atom is -0.333 e. The lowest BCUT2D eigenvalue weighted by molar-refractivity contribution is -0.121. The largest absolute Gasteiger partial charge is 0.333 e. The van der Waals surface area contributed by atoms with Gasteiger partial charge >= 0.3 is 6.03 Å².